The quantitative estimate of drug-likeness (QED) is 0.865. The Labute approximate surface area is 149 Å². The molecule has 5 heteroatoms. The van der Waals surface area contributed by atoms with Crippen molar-refractivity contribution in [2.75, 3.05) is 0 Å². The summed E-state index contributed by atoms with van der Waals surface area (Å²) in [7, 11) is 0. The zero-order chi connectivity index (χ0) is 17.8. The van der Waals surface area contributed by atoms with E-state index in [1.165, 1.54) is 32.1 Å². The molecule has 134 valence electrons. The number of carbonyl (C=O) groups excluding carboxylic acids is 1. The lowest BCUT2D eigenvalue weighted by Crippen LogP contribution is -2.37. The Kier molecular flexibility index (Phi) is 5.51. The molecule has 0 saturated heterocycles. The van der Waals surface area contributed by atoms with E-state index in [0.717, 1.165) is 23.4 Å². The van der Waals surface area contributed by atoms with Gasteiger partial charge in [0.1, 0.15) is 0 Å². The lowest BCUT2D eigenvalue weighted by atomic mass is 9.96. The van der Waals surface area contributed by atoms with Crippen molar-refractivity contribution in [1.29, 1.82) is 0 Å². The number of unbranched alkanes of at least 4 members (excludes halogenated alkanes) is 1. The third kappa shape index (κ3) is 3.91. The molecule has 3 rings (SSSR count). The van der Waals surface area contributed by atoms with Crippen LogP contribution < -0.4 is 5.32 Å². The van der Waals surface area contributed by atoms with Gasteiger partial charge in [-0.05, 0) is 56.7 Å². The molecule has 2 aromatic rings. The molecule has 1 N–H and O–H groups in total. The zero-order valence-electron chi connectivity index (χ0n) is 15.5. The number of rotatable bonds is 6. The first-order valence-corrected chi connectivity index (χ1v) is 9.40. The van der Waals surface area contributed by atoms with Crippen LogP contribution in [0.25, 0.3) is 5.69 Å². The van der Waals surface area contributed by atoms with Crippen molar-refractivity contribution in [2.45, 2.75) is 65.3 Å². The van der Waals surface area contributed by atoms with Crippen LogP contribution in [0.5, 0.6) is 0 Å². The standard InChI is InChI=1S/C20H28N4O/c1-4-5-9-16-10-7-12-18(16)21-20(25)19-15(3)24(23-22-19)17-11-6-8-14(2)13-17/h6,8,11,13,16,18H,4-5,7,9-10,12H2,1-3H3,(H,21,25). The lowest BCUT2D eigenvalue weighted by molar-refractivity contribution is 0.0920. The maximum atomic E-state index is 12.7. The average Bonchev–Trinajstić information content (AvgIpc) is 3.19. The van der Waals surface area contributed by atoms with Gasteiger partial charge in [-0.1, -0.05) is 43.5 Å². The number of benzene rings is 1. The summed E-state index contributed by atoms with van der Waals surface area (Å²) in [5, 5.41) is 11.6. The Hall–Kier alpha value is -2.17. The second-order valence-electron chi connectivity index (χ2n) is 7.19. The molecule has 1 saturated carbocycles. The molecule has 2 atom stereocenters. The molecule has 0 bridgehead atoms. The molecule has 1 fully saturated rings. The molecular formula is C20H28N4O. The summed E-state index contributed by atoms with van der Waals surface area (Å²) in [6.45, 7) is 6.16. The zero-order valence-corrected chi connectivity index (χ0v) is 15.5. The van der Waals surface area contributed by atoms with Gasteiger partial charge < -0.3 is 5.32 Å². The van der Waals surface area contributed by atoms with E-state index < -0.39 is 0 Å². The van der Waals surface area contributed by atoms with Gasteiger partial charge in [0.25, 0.3) is 5.91 Å². The van der Waals surface area contributed by atoms with Crippen LogP contribution in [0.4, 0.5) is 0 Å². The van der Waals surface area contributed by atoms with Gasteiger partial charge >= 0.3 is 0 Å². The topological polar surface area (TPSA) is 59.8 Å². The van der Waals surface area contributed by atoms with E-state index in [-0.39, 0.29) is 11.9 Å². The molecule has 1 amide bonds. The predicted octanol–water partition coefficient (Wildman–Crippen LogP) is 3.97. The maximum absolute atomic E-state index is 12.7. The van der Waals surface area contributed by atoms with Crippen molar-refractivity contribution in [3.63, 3.8) is 0 Å². The van der Waals surface area contributed by atoms with Crippen LogP contribution >= 0.6 is 0 Å². The highest BCUT2D eigenvalue weighted by atomic mass is 16.2. The number of hydrogen-bond acceptors (Lipinski definition) is 3. The second kappa shape index (κ2) is 7.81. The molecule has 0 spiro atoms. The van der Waals surface area contributed by atoms with Crippen LogP contribution in [0.15, 0.2) is 24.3 Å². The largest absolute Gasteiger partial charge is 0.348 e. The number of aryl methyl sites for hydroxylation is 1. The van der Waals surface area contributed by atoms with Gasteiger partial charge in [-0.15, -0.1) is 5.10 Å². The van der Waals surface area contributed by atoms with Crippen LogP contribution in [-0.4, -0.2) is 26.9 Å². The first-order valence-electron chi connectivity index (χ1n) is 9.40. The Morgan fingerprint density at radius 1 is 1.32 bits per heavy atom. The highest BCUT2D eigenvalue weighted by Crippen LogP contribution is 2.30. The predicted molar refractivity (Wildman–Crippen MR) is 99.0 cm³/mol. The first-order chi connectivity index (χ1) is 12.1. The molecule has 1 aromatic carbocycles. The monoisotopic (exact) mass is 340 g/mol. The van der Waals surface area contributed by atoms with E-state index in [4.69, 9.17) is 0 Å². The fourth-order valence-corrected chi connectivity index (χ4v) is 3.82. The van der Waals surface area contributed by atoms with Crippen LogP contribution in [-0.2, 0) is 0 Å². The molecule has 0 radical (unpaired) electrons. The van der Waals surface area contributed by atoms with Crippen molar-refractivity contribution < 1.29 is 4.79 Å². The van der Waals surface area contributed by atoms with E-state index in [2.05, 4.69) is 22.6 Å². The van der Waals surface area contributed by atoms with Gasteiger partial charge in [-0.2, -0.15) is 0 Å². The molecule has 1 aromatic heterocycles. The van der Waals surface area contributed by atoms with Crippen molar-refractivity contribution in [3.8, 4) is 5.69 Å². The third-order valence-electron chi connectivity index (χ3n) is 5.26. The van der Waals surface area contributed by atoms with E-state index in [0.29, 0.717) is 11.6 Å². The van der Waals surface area contributed by atoms with E-state index in [9.17, 15) is 4.79 Å². The number of nitrogens with zero attached hydrogens (tertiary/aromatic N) is 3. The summed E-state index contributed by atoms with van der Waals surface area (Å²) in [5.41, 5.74) is 3.31. The molecule has 1 aliphatic carbocycles. The minimum absolute atomic E-state index is 0.0928. The first kappa shape index (κ1) is 17.6. The number of hydrogen-bond donors (Lipinski definition) is 1. The number of carbonyl (C=O) groups is 1. The highest BCUT2D eigenvalue weighted by Gasteiger charge is 2.29. The number of amides is 1. The summed E-state index contributed by atoms with van der Waals surface area (Å²) < 4.78 is 1.74. The summed E-state index contributed by atoms with van der Waals surface area (Å²) in [4.78, 5) is 12.7. The van der Waals surface area contributed by atoms with Crippen LogP contribution in [0.2, 0.25) is 0 Å². The number of nitrogens with one attached hydrogen (secondary N) is 1. The molecular weight excluding hydrogens is 312 g/mol. The van der Waals surface area contributed by atoms with Gasteiger partial charge in [-0.25, -0.2) is 4.68 Å². The Morgan fingerprint density at radius 2 is 2.16 bits per heavy atom. The van der Waals surface area contributed by atoms with E-state index in [1.807, 2.05) is 38.1 Å². The SMILES string of the molecule is CCCCC1CCCC1NC(=O)c1nnn(-c2cccc(C)c2)c1C. The summed E-state index contributed by atoms with van der Waals surface area (Å²) in [6, 6.07) is 8.33. The third-order valence-corrected chi connectivity index (χ3v) is 5.26. The van der Waals surface area contributed by atoms with Crippen molar-refractivity contribution in [1.82, 2.24) is 20.3 Å². The molecule has 2 unspecified atom stereocenters. The smallest absolute Gasteiger partial charge is 0.273 e. The molecule has 5 nitrogen and oxygen atoms in total. The van der Waals surface area contributed by atoms with E-state index in [1.54, 1.807) is 4.68 Å². The van der Waals surface area contributed by atoms with Crippen molar-refractivity contribution >= 4 is 5.91 Å². The summed E-state index contributed by atoms with van der Waals surface area (Å²) in [5.74, 6) is 0.515. The highest BCUT2D eigenvalue weighted by molar-refractivity contribution is 5.93. The van der Waals surface area contributed by atoms with Crippen molar-refractivity contribution in [3.05, 3.63) is 41.2 Å². The van der Waals surface area contributed by atoms with Crippen LogP contribution in [0.3, 0.4) is 0 Å². The average molecular weight is 340 g/mol. The summed E-state index contributed by atoms with van der Waals surface area (Å²) >= 11 is 0. The van der Waals surface area contributed by atoms with Crippen LogP contribution in [0.1, 0.15) is 67.2 Å². The number of aromatic nitrogens is 3. The summed E-state index contributed by atoms with van der Waals surface area (Å²) in [6.07, 6.45) is 7.15. The molecule has 1 aliphatic rings. The Bertz CT molecular complexity index is 737. The van der Waals surface area contributed by atoms with Gasteiger partial charge in [-0.3, -0.25) is 4.79 Å². The minimum Gasteiger partial charge on any atom is -0.348 e. The van der Waals surface area contributed by atoms with Gasteiger partial charge in [0.2, 0.25) is 0 Å². The van der Waals surface area contributed by atoms with Gasteiger partial charge in [0.05, 0.1) is 11.4 Å². The van der Waals surface area contributed by atoms with E-state index >= 15 is 0 Å². The molecule has 0 aliphatic heterocycles. The molecule has 1 heterocycles. The Balaban J connectivity index is 1.73. The van der Waals surface area contributed by atoms with Gasteiger partial charge in [0.15, 0.2) is 5.69 Å². The van der Waals surface area contributed by atoms with Crippen molar-refractivity contribution in [2.24, 2.45) is 5.92 Å². The fourth-order valence-electron chi connectivity index (χ4n) is 3.82. The maximum Gasteiger partial charge on any atom is 0.273 e. The normalized spacial score (nSPS) is 20.0. The van der Waals surface area contributed by atoms with Gasteiger partial charge in [0, 0.05) is 6.04 Å². The minimum atomic E-state index is -0.0928. The molecule has 25 heavy (non-hydrogen) atoms. The Morgan fingerprint density at radius 3 is 2.92 bits per heavy atom. The van der Waals surface area contributed by atoms with Crippen LogP contribution in [0, 0.1) is 19.8 Å². The lowest BCUT2D eigenvalue weighted by Gasteiger charge is -2.20. The fraction of sp³-hybridized carbons (Fsp3) is 0.550. The second-order valence-corrected chi connectivity index (χ2v) is 7.19.